The fourth-order valence-corrected chi connectivity index (χ4v) is 7.27. The number of ether oxygens (including phenoxy) is 2. The van der Waals surface area contributed by atoms with Crippen molar-refractivity contribution in [3.8, 4) is 17.6 Å². The van der Waals surface area contributed by atoms with E-state index >= 15 is 0 Å². The highest BCUT2D eigenvalue weighted by Crippen LogP contribution is 2.31. The van der Waals surface area contributed by atoms with E-state index < -0.39 is 0 Å². The fraction of sp³-hybridized carbons (Fsp3) is 0.459. The van der Waals surface area contributed by atoms with E-state index in [0.29, 0.717) is 35.6 Å². The number of benzene rings is 1. The molecule has 4 aromatic rings. The first kappa shape index (κ1) is 32.8. The zero-order valence-corrected chi connectivity index (χ0v) is 28.2. The number of carbonyl (C=O) groups is 1. The lowest BCUT2D eigenvalue weighted by molar-refractivity contribution is -0.153. The van der Waals surface area contributed by atoms with Crippen molar-refractivity contribution in [2.24, 2.45) is 5.92 Å². The van der Waals surface area contributed by atoms with Crippen LogP contribution in [0.15, 0.2) is 36.7 Å². The number of methoxy groups -OCH3 is 1. The molecule has 0 amide bonds. The molecule has 3 heterocycles. The number of rotatable bonds is 9. The molecule has 2 fully saturated rings. The van der Waals surface area contributed by atoms with E-state index in [9.17, 15) is 4.79 Å². The van der Waals surface area contributed by atoms with E-state index in [0.717, 1.165) is 72.2 Å². The van der Waals surface area contributed by atoms with E-state index in [1.807, 2.05) is 36.7 Å². The van der Waals surface area contributed by atoms with Crippen LogP contribution in [0.5, 0.6) is 5.75 Å². The molecule has 0 saturated heterocycles. The number of nitrogens with one attached hydrogen (secondary N) is 1. The highest BCUT2D eigenvalue weighted by molar-refractivity contribution is 6.34. The van der Waals surface area contributed by atoms with E-state index in [2.05, 4.69) is 44.2 Å². The number of nitrogen functional groups attached to an aromatic ring is 1. The maximum absolute atomic E-state index is 13.3. The third-order valence-electron chi connectivity index (χ3n) is 9.54. The molecule has 2 saturated carbocycles. The zero-order chi connectivity index (χ0) is 32.9. The van der Waals surface area contributed by atoms with Crippen LogP contribution in [0, 0.1) is 31.6 Å². The van der Waals surface area contributed by atoms with Gasteiger partial charge in [-0.25, -0.2) is 4.98 Å². The van der Waals surface area contributed by atoms with Crippen LogP contribution in [-0.2, 0) is 22.6 Å². The number of anilines is 1. The number of pyridine rings is 1. The summed E-state index contributed by atoms with van der Waals surface area (Å²) in [6.45, 7) is 4.99. The predicted octanol–water partition coefficient (Wildman–Crippen LogP) is 6.66. The van der Waals surface area contributed by atoms with Crippen LogP contribution in [0.1, 0.15) is 91.3 Å². The molecule has 10 heteroatoms. The minimum atomic E-state index is -0.270. The minimum Gasteiger partial charge on any atom is -0.496 e. The maximum atomic E-state index is 13.3. The van der Waals surface area contributed by atoms with Gasteiger partial charge >= 0.3 is 5.97 Å². The maximum Gasteiger partial charge on any atom is 0.323 e. The fourth-order valence-electron chi connectivity index (χ4n) is 6.99. The predicted molar refractivity (Wildman–Crippen MR) is 184 cm³/mol. The van der Waals surface area contributed by atoms with Crippen molar-refractivity contribution in [1.82, 2.24) is 24.8 Å². The minimum absolute atomic E-state index is 0.0768. The van der Waals surface area contributed by atoms with Gasteiger partial charge in [-0.2, -0.15) is 4.98 Å². The van der Waals surface area contributed by atoms with Crippen LogP contribution in [0.25, 0.3) is 11.0 Å². The summed E-state index contributed by atoms with van der Waals surface area (Å²) < 4.78 is 13.5. The molecular formula is C37H43ClN6O3. The van der Waals surface area contributed by atoms with Crippen molar-refractivity contribution in [3.63, 3.8) is 0 Å². The standard InChI is InChI=1S/C37H43ClN6O3/c1-23-19-40-30(24(2)33(23)46-3)22-44-21-28(31-34(38)42-37(39)43-35(31)44)18-17-25-13-15-26(16-14-25)20-41-32(27-9-5-4-6-10-27)36(45)47-29-11-7-8-12-29/h13-16,19,21,27,29,32,41H,4-12,20,22H2,1-3H3,(H2,39,42,43). The SMILES string of the molecule is COc1c(C)cnc(Cn2cc(C#Cc3ccc(CNC(C(=O)OC4CCCC4)C4CCCCC4)cc3)c3c(Cl)nc(N)nc32)c1C. The van der Waals surface area contributed by atoms with Crippen LogP contribution in [0.3, 0.4) is 0 Å². The summed E-state index contributed by atoms with van der Waals surface area (Å²) >= 11 is 6.58. The lowest BCUT2D eigenvalue weighted by Gasteiger charge is -2.30. The Morgan fingerprint density at radius 2 is 1.79 bits per heavy atom. The van der Waals surface area contributed by atoms with Crippen LogP contribution in [0.4, 0.5) is 5.95 Å². The topological polar surface area (TPSA) is 117 Å². The molecule has 3 aromatic heterocycles. The van der Waals surface area contributed by atoms with Gasteiger partial charge in [0.25, 0.3) is 0 Å². The average Bonchev–Trinajstić information content (AvgIpc) is 3.70. The van der Waals surface area contributed by atoms with Gasteiger partial charge in [0.2, 0.25) is 5.95 Å². The monoisotopic (exact) mass is 654 g/mol. The summed E-state index contributed by atoms with van der Waals surface area (Å²) in [6, 6.07) is 7.83. The second-order valence-corrected chi connectivity index (χ2v) is 13.2. The van der Waals surface area contributed by atoms with Gasteiger partial charge in [0.1, 0.15) is 28.7 Å². The Balaban J connectivity index is 1.19. The van der Waals surface area contributed by atoms with Crippen LogP contribution < -0.4 is 15.8 Å². The summed E-state index contributed by atoms with van der Waals surface area (Å²) in [5.74, 6) is 7.70. The molecule has 2 aliphatic rings. The Hall–Kier alpha value is -4.13. The molecule has 6 rings (SSSR count). The molecule has 3 N–H and O–H groups in total. The number of carbonyl (C=O) groups excluding carboxylic acids is 1. The molecule has 1 unspecified atom stereocenters. The van der Waals surface area contributed by atoms with E-state index in [4.69, 9.17) is 26.8 Å². The lowest BCUT2D eigenvalue weighted by atomic mass is 9.83. The van der Waals surface area contributed by atoms with Crippen LogP contribution >= 0.6 is 11.6 Å². The Morgan fingerprint density at radius 1 is 1.06 bits per heavy atom. The molecule has 246 valence electrons. The molecule has 1 atom stereocenters. The van der Waals surface area contributed by atoms with Crippen molar-refractivity contribution >= 4 is 34.6 Å². The van der Waals surface area contributed by atoms with Gasteiger partial charge in [-0.1, -0.05) is 54.8 Å². The number of nitrogens with zero attached hydrogens (tertiary/aromatic N) is 4. The number of halogens is 1. The Morgan fingerprint density at radius 3 is 2.51 bits per heavy atom. The quantitative estimate of drug-likeness (QED) is 0.117. The smallest absolute Gasteiger partial charge is 0.323 e. The summed E-state index contributed by atoms with van der Waals surface area (Å²) in [5.41, 5.74) is 12.0. The van der Waals surface area contributed by atoms with Gasteiger partial charge in [-0.15, -0.1) is 0 Å². The molecular weight excluding hydrogens is 612 g/mol. The molecule has 1 aromatic carbocycles. The third-order valence-corrected chi connectivity index (χ3v) is 9.81. The second-order valence-electron chi connectivity index (χ2n) is 12.8. The van der Waals surface area contributed by atoms with Gasteiger partial charge < -0.3 is 25.1 Å². The normalized spacial score (nSPS) is 16.2. The van der Waals surface area contributed by atoms with E-state index in [1.165, 1.54) is 19.3 Å². The highest BCUT2D eigenvalue weighted by Gasteiger charge is 2.32. The number of hydrogen-bond acceptors (Lipinski definition) is 8. The molecule has 0 aliphatic heterocycles. The number of aryl methyl sites for hydroxylation is 1. The van der Waals surface area contributed by atoms with Gasteiger partial charge in [0.05, 0.1) is 30.3 Å². The largest absolute Gasteiger partial charge is 0.496 e. The van der Waals surface area contributed by atoms with Gasteiger partial charge in [-0.3, -0.25) is 9.78 Å². The van der Waals surface area contributed by atoms with Crippen molar-refractivity contribution < 1.29 is 14.3 Å². The van der Waals surface area contributed by atoms with Gasteiger partial charge in [-0.05, 0) is 76.0 Å². The van der Waals surface area contributed by atoms with Crippen LogP contribution in [-0.4, -0.2) is 44.7 Å². The van der Waals surface area contributed by atoms with Crippen molar-refractivity contribution in [3.05, 3.63) is 75.3 Å². The first-order valence-electron chi connectivity index (χ1n) is 16.7. The number of nitrogens with two attached hydrogens (primary N) is 1. The summed E-state index contributed by atoms with van der Waals surface area (Å²) in [6.07, 6.45) is 13.8. The summed E-state index contributed by atoms with van der Waals surface area (Å²) in [5, 5.41) is 4.45. The van der Waals surface area contributed by atoms with Crippen molar-refractivity contribution in [2.45, 2.75) is 96.9 Å². The third kappa shape index (κ3) is 7.55. The van der Waals surface area contributed by atoms with Gasteiger partial charge in [0, 0.05) is 35.6 Å². The first-order chi connectivity index (χ1) is 22.8. The van der Waals surface area contributed by atoms with Crippen molar-refractivity contribution in [1.29, 1.82) is 0 Å². The van der Waals surface area contributed by atoms with E-state index in [-0.39, 0.29) is 29.2 Å². The zero-order valence-electron chi connectivity index (χ0n) is 27.4. The Kier molecular flexibility index (Phi) is 10.3. The highest BCUT2D eigenvalue weighted by atomic mass is 35.5. The molecule has 0 bridgehead atoms. The molecule has 0 radical (unpaired) electrons. The number of hydrogen-bond donors (Lipinski definition) is 2. The number of aromatic nitrogens is 4. The summed E-state index contributed by atoms with van der Waals surface area (Å²) in [7, 11) is 1.66. The van der Waals surface area contributed by atoms with Gasteiger partial charge in [0.15, 0.2) is 0 Å². The second kappa shape index (κ2) is 14.7. The number of fused-ring (bicyclic) bond motifs is 1. The van der Waals surface area contributed by atoms with Crippen molar-refractivity contribution in [2.75, 3.05) is 12.8 Å². The molecule has 47 heavy (non-hydrogen) atoms. The lowest BCUT2D eigenvalue weighted by Crippen LogP contribution is -2.45. The van der Waals surface area contributed by atoms with E-state index in [1.54, 1.807) is 13.3 Å². The Labute approximate surface area is 281 Å². The van der Waals surface area contributed by atoms with Crippen LogP contribution in [0.2, 0.25) is 5.15 Å². The first-order valence-corrected chi connectivity index (χ1v) is 17.0. The Bertz CT molecular complexity index is 1800. The average molecular weight is 655 g/mol. The molecule has 2 aliphatic carbocycles. The number of esters is 1. The summed E-state index contributed by atoms with van der Waals surface area (Å²) in [4.78, 5) is 26.6. The molecule has 9 nitrogen and oxygen atoms in total. The molecule has 0 spiro atoms.